The van der Waals surface area contributed by atoms with Gasteiger partial charge in [-0.05, 0) is 38.1 Å². The van der Waals surface area contributed by atoms with Crippen LogP contribution in [0, 0.1) is 5.82 Å². The van der Waals surface area contributed by atoms with Crippen molar-refractivity contribution >= 4 is 21.9 Å². The fourth-order valence-corrected chi connectivity index (χ4v) is 3.66. The van der Waals surface area contributed by atoms with Gasteiger partial charge < -0.3 is 14.8 Å². The molecule has 13 heteroatoms. The second-order valence-electron chi connectivity index (χ2n) is 5.88. The number of anilines is 1. The maximum Gasteiger partial charge on any atom is 0.330 e. The van der Waals surface area contributed by atoms with E-state index in [2.05, 4.69) is 20.3 Å². The van der Waals surface area contributed by atoms with Crippen LogP contribution in [0.4, 0.5) is 14.9 Å². The van der Waals surface area contributed by atoms with Gasteiger partial charge in [0.1, 0.15) is 5.82 Å². The Kier molecular flexibility index (Phi) is 7.09. The number of urea groups is 1. The first kappa shape index (κ1) is 22.1. The van der Waals surface area contributed by atoms with Gasteiger partial charge in [0.25, 0.3) is 0 Å². The fourth-order valence-electron chi connectivity index (χ4n) is 2.30. The van der Waals surface area contributed by atoms with E-state index in [1.807, 2.05) is 4.72 Å². The third-order valence-corrected chi connectivity index (χ3v) is 5.04. The molecule has 0 fully saturated rings. The van der Waals surface area contributed by atoms with E-state index in [0.717, 1.165) is 16.4 Å². The van der Waals surface area contributed by atoms with E-state index in [1.54, 1.807) is 13.8 Å². The number of aromatic nitrogens is 3. The van der Waals surface area contributed by atoms with Crippen molar-refractivity contribution in [2.75, 3.05) is 18.5 Å². The summed E-state index contributed by atoms with van der Waals surface area (Å²) >= 11 is 0. The van der Waals surface area contributed by atoms with E-state index in [1.165, 1.54) is 26.4 Å². The van der Waals surface area contributed by atoms with Crippen LogP contribution < -0.4 is 23.8 Å². The summed E-state index contributed by atoms with van der Waals surface area (Å²) in [5, 5.41) is 2.33. The Morgan fingerprint density at radius 3 is 2.14 bits per heavy atom. The molecule has 0 aliphatic carbocycles. The molecule has 2 rings (SSSR count). The van der Waals surface area contributed by atoms with Crippen molar-refractivity contribution in [3.63, 3.8) is 0 Å². The molecular formula is C16H21FN6O5S. The molecule has 1 aromatic carbocycles. The molecule has 1 aromatic heterocycles. The van der Waals surface area contributed by atoms with Gasteiger partial charge >= 0.3 is 28.3 Å². The minimum Gasteiger partial charge on any atom is -0.467 e. The van der Waals surface area contributed by atoms with Crippen LogP contribution in [0.25, 0.3) is 0 Å². The van der Waals surface area contributed by atoms with Crippen molar-refractivity contribution in [2.45, 2.75) is 26.4 Å². The number of nitrogens with one attached hydrogen (secondary N) is 2. The van der Waals surface area contributed by atoms with Crippen LogP contribution in [0.1, 0.15) is 19.7 Å². The predicted octanol–water partition coefficient (Wildman–Crippen LogP) is 0.987. The summed E-state index contributed by atoms with van der Waals surface area (Å²) in [4.78, 5) is 23.8. The molecule has 158 valence electrons. The summed E-state index contributed by atoms with van der Waals surface area (Å²) < 4.78 is 51.1. The van der Waals surface area contributed by atoms with Crippen LogP contribution in [0.15, 0.2) is 24.3 Å². The molecule has 2 aromatic rings. The van der Waals surface area contributed by atoms with Crippen molar-refractivity contribution < 1.29 is 27.1 Å². The SMILES string of the molecule is COc1nc(CNC(=O)NS(=O)(=O)N(c2ccc(F)cc2)C(C)C)nc(OC)n1. The van der Waals surface area contributed by atoms with E-state index in [0.29, 0.717) is 0 Å². The number of hydrogen-bond acceptors (Lipinski definition) is 8. The molecule has 0 aliphatic heterocycles. The van der Waals surface area contributed by atoms with Crippen molar-refractivity contribution in [1.29, 1.82) is 0 Å². The number of rotatable bonds is 8. The van der Waals surface area contributed by atoms with E-state index in [4.69, 9.17) is 9.47 Å². The molecular weight excluding hydrogens is 407 g/mol. The molecule has 0 bridgehead atoms. The molecule has 2 N–H and O–H groups in total. The largest absolute Gasteiger partial charge is 0.467 e. The number of hydrogen-bond donors (Lipinski definition) is 2. The zero-order valence-corrected chi connectivity index (χ0v) is 17.0. The van der Waals surface area contributed by atoms with Crippen LogP contribution in [-0.2, 0) is 16.8 Å². The maximum absolute atomic E-state index is 13.1. The smallest absolute Gasteiger partial charge is 0.330 e. The van der Waals surface area contributed by atoms with E-state index in [9.17, 15) is 17.6 Å². The molecule has 0 saturated carbocycles. The standard InChI is InChI=1S/C16H21FN6O5S/c1-10(2)23(12-7-5-11(17)6-8-12)29(25,26)22-14(24)18-9-13-19-15(27-3)21-16(20-13)28-4/h5-8,10H,9H2,1-4H3,(H2,18,22,24). The van der Waals surface area contributed by atoms with Crippen LogP contribution in [0.3, 0.4) is 0 Å². The minimum absolute atomic E-state index is 0.0241. The second-order valence-corrected chi connectivity index (χ2v) is 7.43. The molecule has 0 unspecified atom stereocenters. The number of benzene rings is 1. The van der Waals surface area contributed by atoms with Gasteiger partial charge in [-0.3, -0.25) is 4.31 Å². The number of amides is 2. The summed E-state index contributed by atoms with van der Waals surface area (Å²) in [6.45, 7) is 3.02. The maximum atomic E-state index is 13.1. The van der Waals surface area contributed by atoms with Gasteiger partial charge in [0.15, 0.2) is 5.82 Å². The Balaban J connectivity index is 2.10. The normalized spacial score (nSPS) is 11.1. The Morgan fingerprint density at radius 1 is 1.10 bits per heavy atom. The van der Waals surface area contributed by atoms with Crippen LogP contribution in [0.2, 0.25) is 0 Å². The van der Waals surface area contributed by atoms with E-state index in [-0.39, 0.29) is 30.1 Å². The second kappa shape index (κ2) is 9.32. The number of carbonyl (C=O) groups excluding carboxylic acids is 1. The first-order chi connectivity index (χ1) is 13.7. The lowest BCUT2D eigenvalue weighted by atomic mass is 10.3. The molecule has 2 amide bonds. The summed E-state index contributed by atoms with van der Waals surface area (Å²) in [6.07, 6.45) is 0. The van der Waals surface area contributed by atoms with Gasteiger partial charge in [-0.1, -0.05) is 0 Å². The monoisotopic (exact) mass is 428 g/mol. The minimum atomic E-state index is -4.27. The Labute approximate surface area is 167 Å². The highest BCUT2D eigenvalue weighted by atomic mass is 32.2. The lowest BCUT2D eigenvalue weighted by Crippen LogP contribution is -2.49. The van der Waals surface area contributed by atoms with Gasteiger partial charge in [-0.2, -0.15) is 18.4 Å². The van der Waals surface area contributed by atoms with Crippen LogP contribution >= 0.6 is 0 Å². The van der Waals surface area contributed by atoms with Gasteiger partial charge in [0.2, 0.25) is 0 Å². The van der Waals surface area contributed by atoms with E-state index < -0.39 is 28.1 Å². The highest BCUT2D eigenvalue weighted by molar-refractivity contribution is 7.91. The number of halogens is 1. The third kappa shape index (κ3) is 5.88. The predicted molar refractivity (Wildman–Crippen MR) is 101 cm³/mol. The van der Waals surface area contributed by atoms with Crippen molar-refractivity contribution in [1.82, 2.24) is 25.0 Å². The summed E-state index contributed by atoms with van der Waals surface area (Å²) in [6, 6.07) is 3.27. The van der Waals surface area contributed by atoms with Gasteiger partial charge in [0.05, 0.1) is 26.5 Å². The highest BCUT2D eigenvalue weighted by Crippen LogP contribution is 2.20. The first-order valence-electron chi connectivity index (χ1n) is 8.34. The lowest BCUT2D eigenvalue weighted by molar-refractivity contribution is 0.245. The van der Waals surface area contributed by atoms with Gasteiger partial charge in [0, 0.05) is 6.04 Å². The van der Waals surface area contributed by atoms with Gasteiger partial charge in [-0.15, -0.1) is 4.98 Å². The first-order valence-corrected chi connectivity index (χ1v) is 9.78. The molecule has 1 heterocycles. The summed E-state index contributed by atoms with van der Waals surface area (Å²) in [7, 11) is -1.57. The van der Waals surface area contributed by atoms with Crippen molar-refractivity contribution in [3.05, 3.63) is 35.9 Å². The zero-order chi connectivity index (χ0) is 21.6. The molecule has 0 spiro atoms. The van der Waals surface area contributed by atoms with Crippen molar-refractivity contribution in [2.24, 2.45) is 0 Å². The van der Waals surface area contributed by atoms with Gasteiger partial charge in [-0.25, -0.2) is 13.9 Å². The zero-order valence-electron chi connectivity index (χ0n) is 16.2. The molecule has 0 aliphatic rings. The fraction of sp³-hybridized carbons (Fsp3) is 0.375. The summed E-state index contributed by atoms with van der Waals surface area (Å²) in [5.74, 6) is -0.413. The number of carbonyl (C=O) groups is 1. The molecule has 29 heavy (non-hydrogen) atoms. The number of ether oxygens (including phenoxy) is 2. The highest BCUT2D eigenvalue weighted by Gasteiger charge is 2.27. The Morgan fingerprint density at radius 2 is 1.66 bits per heavy atom. The number of methoxy groups -OCH3 is 2. The number of nitrogens with zero attached hydrogens (tertiary/aromatic N) is 4. The lowest BCUT2D eigenvalue weighted by Gasteiger charge is -2.28. The quantitative estimate of drug-likeness (QED) is 0.635. The molecule has 0 radical (unpaired) electrons. The Bertz CT molecular complexity index is 933. The summed E-state index contributed by atoms with van der Waals surface area (Å²) in [5.41, 5.74) is 0.202. The van der Waals surface area contributed by atoms with Crippen LogP contribution in [0.5, 0.6) is 12.0 Å². The average molecular weight is 428 g/mol. The molecule has 11 nitrogen and oxygen atoms in total. The molecule has 0 saturated heterocycles. The average Bonchev–Trinajstić information content (AvgIpc) is 2.66. The van der Waals surface area contributed by atoms with Crippen molar-refractivity contribution in [3.8, 4) is 12.0 Å². The molecule has 0 atom stereocenters. The Hall–Kier alpha value is -3.22. The topological polar surface area (TPSA) is 136 Å². The van der Waals surface area contributed by atoms with E-state index >= 15 is 0 Å². The third-order valence-electron chi connectivity index (χ3n) is 3.44. The van der Waals surface area contributed by atoms with Crippen LogP contribution in [-0.4, -0.2) is 49.7 Å².